The number of carbonyl (C=O) groups excluding carboxylic acids is 1. The fourth-order valence-electron chi connectivity index (χ4n) is 3.03. The fraction of sp³-hybridized carbons (Fsp3) is 0.462. The van der Waals surface area contributed by atoms with E-state index in [0.29, 0.717) is 17.6 Å². The highest BCUT2D eigenvalue weighted by Gasteiger charge is 2.46. The quantitative estimate of drug-likeness (QED) is 0.608. The summed E-state index contributed by atoms with van der Waals surface area (Å²) in [5.41, 5.74) is 5.71. The third kappa shape index (κ3) is 0.827. The van der Waals surface area contributed by atoms with Gasteiger partial charge in [-0.1, -0.05) is 12.1 Å². The minimum Gasteiger partial charge on any atom is -0.299 e. The van der Waals surface area contributed by atoms with Crippen molar-refractivity contribution >= 4 is 5.78 Å². The van der Waals surface area contributed by atoms with Crippen molar-refractivity contribution in [3.05, 3.63) is 34.4 Å². The summed E-state index contributed by atoms with van der Waals surface area (Å²) in [6.45, 7) is 4.33. The maximum atomic E-state index is 11.4. The molecule has 1 nitrogen and oxygen atoms in total. The standard InChI is InChI=1S/C13H14O/c1-7-3-4-8(2)13-9(7)5-10-11(13)6-12(10)14/h3-4,10-11H,5-6H2,1-2H3. The maximum absolute atomic E-state index is 11.4. The first kappa shape index (κ1) is 8.22. The van der Waals surface area contributed by atoms with Crippen LogP contribution in [0.3, 0.4) is 0 Å². The molecule has 2 atom stereocenters. The summed E-state index contributed by atoms with van der Waals surface area (Å²) in [5.74, 6) is 1.38. The van der Waals surface area contributed by atoms with Crippen LogP contribution in [0.15, 0.2) is 12.1 Å². The molecule has 2 unspecified atom stereocenters. The summed E-state index contributed by atoms with van der Waals surface area (Å²) in [5, 5.41) is 0. The molecule has 1 saturated carbocycles. The second-order valence-electron chi connectivity index (χ2n) is 4.68. The van der Waals surface area contributed by atoms with Crippen molar-refractivity contribution in [3.8, 4) is 0 Å². The van der Waals surface area contributed by atoms with Gasteiger partial charge in [-0.25, -0.2) is 0 Å². The van der Waals surface area contributed by atoms with Gasteiger partial charge in [-0.2, -0.15) is 0 Å². The lowest BCUT2D eigenvalue weighted by Crippen LogP contribution is -2.32. The lowest BCUT2D eigenvalue weighted by atomic mass is 9.72. The number of Topliss-reactive ketones (excluding diaryl/α,β-unsaturated/α-hetero) is 1. The first-order chi connectivity index (χ1) is 6.68. The predicted octanol–water partition coefficient (Wildman–Crippen LogP) is 2.53. The molecule has 0 bridgehead atoms. The molecule has 2 aliphatic carbocycles. The highest BCUT2D eigenvalue weighted by Crippen LogP contribution is 2.50. The van der Waals surface area contributed by atoms with Gasteiger partial charge < -0.3 is 0 Å². The molecule has 1 aromatic carbocycles. The molecule has 0 aliphatic heterocycles. The van der Waals surface area contributed by atoms with Crippen LogP contribution in [0, 0.1) is 19.8 Å². The van der Waals surface area contributed by atoms with Crippen LogP contribution in [0.1, 0.15) is 34.6 Å². The van der Waals surface area contributed by atoms with E-state index in [1.54, 1.807) is 0 Å². The van der Waals surface area contributed by atoms with Crippen molar-refractivity contribution in [1.29, 1.82) is 0 Å². The molecule has 1 fully saturated rings. The monoisotopic (exact) mass is 186 g/mol. The third-order valence-corrected chi connectivity index (χ3v) is 3.92. The van der Waals surface area contributed by atoms with Crippen LogP contribution in [0.2, 0.25) is 0 Å². The van der Waals surface area contributed by atoms with Crippen molar-refractivity contribution in [2.24, 2.45) is 5.92 Å². The van der Waals surface area contributed by atoms with E-state index in [4.69, 9.17) is 0 Å². The van der Waals surface area contributed by atoms with E-state index in [9.17, 15) is 4.79 Å². The van der Waals surface area contributed by atoms with Crippen molar-refractivity contribution in [1.82, 2.24) is 0 Å². The smallest absolute Gasteiger partial charge is 0.137 e. The molecule has 0 amide bonds. The van der Waals surface area contributed by atoms with Crippen LogP contribution >= 0.6 is 0 Å². The van der Waals surface area contributed by atoms with Gasteiger partial charge in [-0.3, -0.25) is 4.79 Å². The van der Waals surface area contributed by atoms with Gasteiger partial charge in [0.15, 0.2) is 0 Å². The summed E-state index contributed by atoms with van der Waals surface area (Å²) >= 11 is 0. The SMILES string of the molecule is Cc1ccc(C)c2c1CC1C(=O)CC21. The molecule has 14 heavy (non-hydrogen) atoms. The van der Waals surface area contributed by atoms with Gasteiger partial charge in [0.2, 0.25) is 0 Å². The number of hydrogen-bond acceptors (Lipinski definition) is 1. The minimum atomic E-state index is 0.338. The highest BCUT2D eigenvalue weighted by atomic mass is 16.1. The predicted molar refractivity (Wildman–Crippen MR) is 55.5 cm³/mol. The Balaban J connectivity index is 2.18. The lowest BCUT2D eigenvalue weighted by Gasteiger charge is -2.29. The number of fused-ring (bicyclic) bond motifs is 3. The van der Waals surface area contributed by atoms with Crippen molar-refractivity contribution < 1.29 is 4.79 Å². The lowest BCUT2D eigenvalue weighted by molar-refractivity contribution is -0.130. The molecule has 1 aromatic rings. The Kier molecular flexibility index (Phi) is 1.45. The van der Waals surface area contributed by atoms with Gasteiger partial charge in [0.25, 0.3) is 0 Å². The molecule has 2 aliphatic rings. The second-order valence-corrected chi connectivity index (χ2v) is 4.68. The van der Waals surface area contributed by atoms with E-state index in [0.717, 1.165) is 12.8 Å². The Morgan fingerprint density at radius 3 is 2.50 bits per heavy atom. The first-order valence-corrected chi connectivity index (χ1v) is 5.30. The van der Waals surface area contributed by atoms with Gasteiger partial charge in [0.05, 0.1) is 0 Å². The number of aryl methyl sites for hydroxylation is 2. The minimum absolute atomic E-state index is 0.338. The van der Waals surface area contributed by atoms with Gasteiger partial charge in [0.1, 0.15) is 5.78 Å². The van der Waals surface area contributed by atoms with Crippen LogP contribution < -0.4 is 0 Å². The zero-order valence-corrected chi connectivity index (χ0v) is 8.63. The number of ketones is 1. The third-order valence-electron chi connectivity index (χ3n) is 3.92. The van der Waals surface area contributed by atoms with Crippen LogP contribution in [0.5, 0.6) is 0 Å². The fourth-order valence-corrected chi connectivity index (χ4v) is 3.03. The average Bonchev–Trinajstić information content (AvgIpc) is 2.47. The largest absolute Gasteiger partial charge is 0.299 e. The Morgan fingerprint density at radius 1 is 1.07 bits per heavy atom. The van der Waals surface area contributed by atoms with E-state index in [2.05, 4.69) is 26.0 Å². The molecule has 0 N–H and O–H groups in total. The second kappa shape index (κ2) is 2.47. The van der Waals surface area contributed by atoms with Gasteiger partial charge >= 0.3 is 0 Å². The number of rotatable bonds is 0. The molecule has 0 heterocycles. The Labute approximate surface area is 84.1 Å². The highest BCUT2D eigenvalue weighted by molar-refractivity contribution is 5.91. The zero-order valence-electron chi connectivity index (χ0n) is 8.63. The molecule has 0 saturated heterocycles. The van der Waals surface area contributed by atoms with Crippen LogP contribution in [-0.2, 0) is 11.2 Å². The van der Waals surface area contributed by atoms with Crippen LogP contribution in [0.4, 0.5) is 0 Å². The van der Waals surface area contributed by atoms with Crippen molar-refractivity contribution in [3.63, 3.8) is 0 Å². The van der Waals surface area contributed by atoms with Crippen LogP contribution in [0.25, 0.3) is 0 Å². The molecule has 0 aromatic heterocycles. The van der Waals surface area contributed by atoms with E-state index in [-0.39, 0.29) is 0 Å². The van der Waals surface area contributed by atoms with Gasteiger partial charge in [0, 0.05) is 18.3 Å². The molecule has 3 rings (SSSR count). The first-order valence-electron chi connectivity index (χ1n) is 5.30. The average molecular weight is 186 g/mol. The molecule has 0 spiro atoms. The normalized spacial score (nSPS) is 28.3. The number of hydrogen-bond donors (Lipinski definition) is 0. The molecule has 72 valence electrons. The number of benzene rings is 1. The van der Waals surface area contributed by atoms with Crippen molar-refractivity contribution in [2.45, 2.75) is 32.6 Å². The van der Waals surface area contributed by atoms with E-state index in [1.807, 2.05) is 0 Å². The Hall–Kier alpha value is -1.11. The zero-order chi connectivity index (χ0) is 9.87. The van der Waals surface area contributed by atoms with Gasteiger partial charge in [-0.05, 0) is 42.5 Å². The maximum Gasteiger partial charge on any atom is 0.137 e. The van der Waals surface area contributed by atoms with E-state index >= 15 is 0 Å². The summed E-state index contributed by atoms with van der Waals surface area (Å²) in [7, 11) is 0. The van der Waals surface area contributed by atoms with Gasteiger partial charge in [-0.15, -0.1) is 0 Å². The van der Waals surface area contributed by atoms with E-state index < -0.39 is 0 Å². The van der Waals surface area contributed by atoms with Crippen molar-refractivity contribution in [2.75, 3.05) is 0 Å². The Bertz CT molecular complexity index is 431. The summed E-state index contributed by atoms with van der Waals surface area (Å²) in [6, 6.07) is 4.38. The molecular formula is C13H14O. The Morgan fingerprint density at radius 2 is 1.79 bits per heavy atom. The molecule has 0 radical (unpaired) electrons. The number of carbonyl (C=O) groups is 1. The van der Waals surface area contributed by atoms with E-state index in [1.165, 1.54) is 22.3 Å². The summed E-state index contributed by atoms with van der Waals surface area (Å²) in [4.78, 5) is 11.4. The summed E-state index contributed by atoms with van der Waals surface area (Å²) < 4.78 is 0. The molecular weight excluding hydrogens is 172 g/mol. The van der Waals surface area contributed by atoms with Crippen LogP contribution in [-0.4, -0.2) is 5.78 Å². The topological polar surface area (TPSA) is 17.1 Å². The summed E-state index contributed by atoms with van der Waals surface area (Å²) in [6.07, 6.45) is 1.80. The molecule has 1 heteroatoms.